The van der Waals surface area contributed by atoms with Gasteiger partial charge < -0.3 is 9.64 Å². The summed E-state index contributed by atoms with van der Waals surface area (Å²) in [7, 11) is 1.68. The van der Waals surface area contributed by atoms with Crippen LogP contribution in [0.3, 0.4) is 0 Å². The van der Waals surface area contributed by atoms with Gasteiger partial charge in [-0.15, -0.1) is 0 Å². The first-order valence-corrected chi connectivity index (χ1v) is 6.31. The van der Waals surface area contributed by atoms with E-state index in [1.54, 1.807) is 7.11 Å². The Bertz CT molecular complexity index is 368. The molecule has 1 fully saturated rings. The van der Waals surface area contributed by atoms with Crippen molar-refractivity contribution in [2.24, 2.45) is 4.99 Å². The first kappa shape index (κ1) is 12.0. The quantitative estimate of drug-likeness (QED) is 0.590. The van der Waals surface area contributed by atoms with E-state index < -0.39 is 0 Å². The van der Waals surface area contributed by atoms with Crippen molar-refractivity contribution < 1.29 is 4.74 Å². The van der Waals surface area contributed by atoms with Crippen molar-refractivity contribution in [2.75, 3.05) is 20.2 Å². The van der Waals surface area contributed by atoms with E-state index in [-0.39, 0.29) is 0 Å². The summed E-state index contributed by atoms with van der Waals surface area (Å²) in [6, 6.07) is 7.85. The normalized spacial score (nSPS) is 17.1. The predicted molar refractivity (Wildman–Crippen MR) is 71.2 cm³/mol. The highest BCUT2D eigenvalue weighted by molar-refractivity contribution is 5.62. The molecular formula is C14H20N2O. The molecule has 3 heteroatoms. The van der Waals surface area contributed by atoms with Crippen LogP contribution in [0.25, 0.3) is 0 Å². The van der Waals surface area contributed by atoms with Crippen LogP contribution in [0.4, 0.5) is 5.69 Å². The Kier molecular flexibility index (Phi) is 4.42. The summed E-state index contributed by atoms with van der Waals surface area (Å²) in [5.74, 6) is 0.857. The molecule has 0 atom stereocenters. The maximum Gasteiger partial charge on any atom is 0.121 e. The highest BCUT2D eigenvalue weighted by Gasteiger charge is 2.04. The number of nitrogens with zero attached hydrogens (tertiary/aromatic N) is 2. The van der Waals surface area contributed by atoms with Crippen molar-refractivity contribution in [2.45, 2.75) is 25.7 Å². The molecule has 1 aliphatic rings. The Morgan fingerprint density at radius 3 is 2.65 bits per heavy atom. The van der Waals surface area contributed by atoms with E-state index in [4.69, 9.17) is 4.74 Å². The van der Waals surface area contributed by atoms with Crippen molar-refractivity contribution in [3.05, 3.63) is 24.3 Å². The van der Waals surface area contributed by atoms with Crippen LogP contribution in [-0.2, 0) is 0 Å². The number of methoxy groups -OCH3 is 1. The fraction of sp³-hybridized carbons (Fsp3) is 0.500. The average Bonchev–Trinajstić information content (AvgIpc) is 2.65. The molecule has 0 bridgehead atoms. The number of benzene rings is 1. The van der Waals surface area contributed by atoms with Gasteiger partial charge in [-0.1, -0.05) is 18.9 Å². The lowest BCUT2D eigenvalue weighted by atomic mass is 10.2. The Hall–Kier alpha value is -1.51. The second-order valence-corrected chi connectivity index (χ2v) is 4.40. The molecule has 0 aliphatic carbocycles. The van der Waals surface area contributed by atoms with Gasteiger partial charge >= 0.3 is 0 Å². The third kappa shape index (κ3) is 3.77. The zero-order valence-electron chi connectivity index (χ0n) is 10.4. The molecule has 17 heavy (non-hydrogen) atoms. The number of likely N-dealkylation sites (tertiary alicyclic amines) is 1. The molecule has 0 aromatic heterocycles. The van der Waals surface area contributed by atoms with E-state index in [0.29, 0.717) is 0 Å². The fourth-order valence-corrected chi connectivity index (χ4v) is 2.05. The molecule has 1 saturated heterocycles. The SMILES string of the molecule is COc1cccc(N=CN2CCCCCC2)c1. The molecule has 1 aromatic carbocycles. The summed E-state index contributed by atoms with van der Waals surface area (Å²) in [5, 5.41) is 0. The van der Waals surface area contributed by atoms with Crippen molar-refractivity contribution in [1.82, 2.24) is 4.90 Å². The van der Waals surface area contributed by atoms with Gasteiger partial charge in [0.15, 0.2) is 0 Å². The number of hydrogen-bond donors (Lipinski definition) is 0. The molecule has 0 amide bonds. The van der Waals surface area contributed by atoms with Gasteiger partial charge in [0.1, 0.15) is 5.75 Å². The summed E-state index contributed by atoms with van der Waals surface area (Å²) < 4.78 is 5.18. The maximum atomic E-state index is 5.18. The van der Waals surface area contributed by atoms with Crippen LogP contribution < -0.4 is 4.74 Å². The third-order valence-electron chi connectivity index (χ3n) is 3.06. The van der Waals surface area contributed by atoms with Crippen molar-refractivity contribution in [3.8, 4) is 5.75 Å². The van der Waals surface area contributed by atoms with Crippen molar-refractivity contribution >= 4 is 12.0 Å². The van der Waals surface area contributed by atoms with Crippen molar-refractivity contribution in [3.63, 3.8) is 0 Å². The van der Waals surface area contributed by atoms with Gasteiger partial charge in [0.05, 0.1) is 19.1 Å². The molecule has 1 heterocycles. The zero-order valence-corrected chi connectivity index (χ0v) is 10.4. The van der Waals surface area contributed by atoms with E-state index in [1.807, 2.05) is 30.6 Å². The second kappa shape index (κ2) is 6.28. The molecule has 0 unspecified atom stereocenters. The average molecular weight is 232 g/mol. The van der Waals surface area contributed by atoms with Crippen LogP contribution in [0.2, 0.25) is 0 Å². The topological polar surface area (TPSA) is 24.8 Å². The van der Waals surface area contributed by atoms with Crippen molar-refractivity contribution in [1.29, 1.82) is 0 Å². The third-order valence-corrected chi connectivity index (χ3v) is 3.06. The van der Waals surface area contributed by atoms with Crippen LogP contribution in [0.1, 0.15) is 25.7 Å². The van der Waals surface area contributed by atoms with E-state index >= 15 is 0 Å². The molecule has 1 aliphatic heterocycles. The number of aliphatic imine (C=N–C) groups is 1. The number of ether oxygens (including phenoxy) is 1. The molecule has 0 spiro atoms. The fourth-order valence-electron chi connectivity index (χ4n) is 2.05. The molecule has 0 N–H and O–H groups in total. The van der Waals surface area contributed by atoms with Crippen LogP contribution in [0.15, 0.2) is 29.3 Å². The van der Waals surface area contributed by atoms with Crippen LogP contribution >= 0.6 is 0 Å². The van der Waals surface area contributed by atoms with E-state index in [2.05, 4.69) is 9.89 Å². The lowest BCUT2D eigenvalue weighted by molar-refractivity contribution is 0.415. The van der Waals surface area contributed by atoms with Gasteiger partial charge in [-0.3, -0.25) is 0 Å². The number of rotatable bonds is 3. The van der Waals surface area contributed by atoms with Crippen LogP contribution in [-0.4, -0.2) is 31.4 Å². The maximum absolute atomic E-state index is 5.18. The molecule has 0 saturated carbocycles. The minimum absolute atomic E-state index is 0.857. The molecule has 3 nitrogen and oxygen atoms in total. The molecule has 1 aromatic rings. The van der Waals surface area contributed by atoms with Gasteiger partial charge in [0.2, 0.25) is 0 Å². The summed E-state index contributed by atoms with van der Waals surface area (Å²) in [6.45, 7) is 2.26. The Labute approximate surface area is 103 Å². The van der Waals surface area contributed by atoms with Gasteiger partial charge in [0, 0.05) is 19.2 Å². The van der Waals surface area contributed by atoms with Crippen LogP contribution in [0.5, 0.6) is 5.75 Å². The molecule has 2 rings (SSSR count). The molecular weight excluding hydrogens is 212 g/mol. The molecule has 0 radical (unpaired) electrons. The summed E-state index contributed by atoms with van der Waals surface area (Å²) >= 11 is 0. The summed E-state index contributed by atoms with van der Waals surface area (Å²) in [4.78, 5) is 6.81. The lowest BCUT2D eigenvalue weighted by Crippen LogP contribution is -2.22. The monoisotopic (exact) mass is 232 g/mol. The predicted octanol–water partition coefficient (Wildman–Crippen LogP) is 3.23. The Morgan fingerprint density at radius 2 is 1.94 bits per heavy atom. The minimum atomic E-state index is 0.857. The van der Waals surface area contributed by atoms with Gasteiger partial charge in [-0.25, -0.2) is 4.99 Å². The standard InChI is InChI=1S/C14H20N2O/c1-17-14-8-6-7-13(11-14)15-12-16-9-4-2-3-5-10-16/h6-8,11-12H,2-5,9-10H2,1H3. The van der Waals surface area contributed by atoms with E-state index in [1.165, 1.54) is 25.7 Å². The highest BCUT2D eigenvalue weighted by Crippen LogP contribution is 2.19. The van der Waals surface area contributed by atoms with E-state index in [9.17, 15) is 0 Å². The summed E-state index contributed by atoms with van der Waals surface area (Å²) in [6.07, 6.45) is 7.24. The smallest absolute Gasteiger partial charge is 0.121 e. The first-order valence-electron chi connectivity index (χ1n) is 6.31. The highest BCUT2D eigenvalue weighted by atomic mass is 16.5. The van der Waals surface area contributed by atoms with E-state index in [0.717, 1.165) is 24.5 Å². The Balaban J connectivity index is 1.98. The first-order chi connectivity index (χ1) is 8.38. The summed E-state index contributed by atoms with van der Waals surface area (Å²) in [5.41, 5.74) is 0.952. The van der Waals surface area contributed by atoms with Crippen LogP contribution in [0, 0.1) is 0 Å². The van der Waals surface area contributed by atoms with Gasteiger partial charge in [-0.2, -0.15) is 0 Å². The lowest BCUT2D eigenvalue weighted by Gasteiger charge is -2.15. The largest absolute Gasteiger partial charge is 0.497 e. The zero-order chi connectivity index (χ0) is 11.9. The second-order valence-electron chi connectivity index (χ2n) is 4.40. The van der Waals surface area contributed by atoms with Gasteiger partial charge in [0.25, 0.3) is 0 Å². The minimum Gasteiger partial charge on any atom is -0.497 e. The molecule has 92 valence electrons. The Morgan fingerprint density at radius 1 is 1.18 bits per heavy atom. The van der Waals surface area contributed by atoms with Gasteiger partial charge in [-0.05, 0) is 25.0 Å². The number of hydrogen-bond acceptors (Lipinski definition) is 2.